The minimum atomic E-state index is -0.910. The van der Waals surface area contributed by atoms with Gasteiger partial charge in [0, 0.05) is 23.5 Å². The Morgan fingerprint density at radius 2 is 1.92 bits per heavy atom. The van der Waals surface area contributed by atoms with Crippen LogP contribution in [0.5, 0.6) is 0 Å². The SMILES string of the molecule is CC1CCCCN1c1cc2cc(C(=O)O)ccc2nc1-c1ccccc1. The van der Waals surface area contributed by atoms with Crippen LogP contribution in [0.15, 0.2) is 54.6 Å². The number of pyridine rings is 1. The van der Waals surface area contributed by atoms with Crippen molar-refractivity contribution in [3.8, 4) is 11.3 Å². The van der Waals surface area contributed by atoms with Crippen molar-refractivity contribution in [1.29, 1.82) is 0 Å². The van der Waals surface area contributed by atoms with Crippen molar-refractivity contribution in [2.24, 2.45) is 0 Å². The van der Waals surface area contributed by atoms with Crippen molar-refractivity contribution in [1.82, 2.24) is 4.98 Å². The monoisotopic (exact) mass is 346 g/mol. The predicted molar refractivity (Wildman–Crippen MR) is 105 cm³/mol. The molecule has 0 bridgehead atoms. The van der Waals surface area contributed by atoms with Crippen LogP contribution in [0, 0.1) is 0 Å². The molecule has 1 atom stereocenters. The Hall–Kier alpha value is -2.88. The molecule has 1 fully saturated rings. The van der Waals surface area contributed by atoms with Gasteiger partial charge in [0.1, 0.15) is 0 Å². The van der Waals surface area contributed by atoms with Gasteiger partial charge in [-0.25, -0.2) is 9.78 Å². The van der Waals surface area contributed by atoms with E-state index in [9.17, 15) is 9.90 Å². The maximum Gasteiger partial charge on any atom is 0.335 e. The van der Waals surface area contributed by atoms with Crippen molar-refractivity contribution in [2.45, 2.75) is 32.2 Å². The fourth-order valence-electron chi connectivity index (χ4n) is 3.78. The Balaban J connectivity index is 1.93. The van der Waals surface area contributed by atoms with E-state index < -0.39 is 5.97 Å². The first-order valence-electron chi connectivity index (χ1n) is 9.13. The number of carboxylic acids is 1. The lowest BCUT2D eigenvalue weighted by atomic mass is 9.99. The molecule has 0 radical (unpaired) electrons. The average Bonchev–Trinajstić information content (AvgIpc) is 2.67. The van der Waals surface area contributed by atoms with Gasteiger partial charge in [0.15, 0.2) is 0 Å². The summed E-state index contributed by atoms with van der Waals surface area (Å²) in [6.07, 6.45) is 3.59. The van der Waals surface area contributed by atoms with Gasteiger partial charge in [-0.1, -0.05) is 30.3 Å². The maximum atomic E-state index is 11.3. The Bertz CT molecular complexity index is 953. The number of carboxylic acid groups (broad SMARTS) is 1. The first-order valence-corrected chi connectivity index (χ1v) is 9.13. The van der Waals surface area contributed by atoms with Crippen LogP contribution in [-0.4, -0.2) is 28.6 Å². The van der Waals surface area contributed by atoms with Gasteiger partial charge in [-0.3, -0.25) is 0 Å². The highest BCUT2D eigenvalue weighted by molar-refractivity contribution is 5.96. The fraction of sp³-hybridized carbons (Fsp3) is 0.273. The molecule has 1 aliphatic rings. The number of hydrogen-bond acceptors (Lipinski definition) is 3. The number of anilines is 1. The summed E-state index contributed by atoms with van der Waals surface area (Å²) >= 11 is 0. The Morgan fingerprint density at radius 1 is 1.12 bits per heavy atom. The van der Waals surface area contributed by atoms with E-state index >= 15 is 0 Å². The standard InChI is InChI=1S/C22H22N2O2/c1-15-7-5-6-12-24(15)20-14-18-13-17(22(25)26)10-11-19(18)23-21(20)16-8-3-2-4-9-16/h2-4,8-11,13-15H,5-7,12H2,1H3,(H,25,26). The number of aromatic carboxylic acids is 1. The molecule has 26 heavy (non-hydrogen) atoms. The highest BCUT2D eigenvalue weighted by Crippen LogP contribution is 2.35. The van der Waals surface area contributed by atoms with Crippen LogP contribution in [0.3, 0.4) is 0 Å². The first-order chi connectivity index (χ1) is 12.6. The summed E-state index contributed by atoms with van der Waals surface area (Å²) in [7, 11) is 0. The van der Waals surface area contributed by atoms with Crippen LogP contribution in [0.4, 0.5) is 5.69 Å². The highest BCUT2D eigenvalue weighted by Gasteiger charge is 2.23. The van der Waals surface area contributed by atoms with Crippen molar-refractivity contribution in [2.75, 3.05) is 11.4 Å². The van der Waals surface area contributed by atoms with Crippen molar-refractivity contribution >= 4 is 22.6 Å². The molecule has 0 amide bonds. The van der Waals surface area contributed by atoms with Crippen LogP contribution in [0.1, 0.15) is 36.5 Å². The molecule has 0 saturated carbocycles. The molecule has 1 unspecified atom stereocenters. The number of carbonyl (C=O) groups is 1. The van der Waals surface area contributed by atoms with Crippen LogP contribution < -0.4 is 4.90 Å². The van der Waals surface area contributed by atoms with Crippen LogP contribution >= 0.6 is 0 Å². The average molecular weight is 346 g/mol. The van der Waals surface area contributed by atoms with E-state index in [0.29, 0.717) is 11.6 Å². The summed E-state index contributed by atoms with van der Waals surface area (Å²) in [5.41, 5.74) is 4.27. The lowest BCUT2D eigenvalue weighted by Crippen LogP contribution is -2.37. The minimum Gasteiger partial charge on any atom is -0.478 e. The second-order valence-corrected chi connectivity index (χ2v) is 6.97. The number of fused-ring (bicyclic) bond motifs is 1. The summed E-state index contributed by atoms with van der Waals surface area (Å²) < 4.78 is 0. The Kier molecular flexibility index (Phi) is 4.33. The zero-order chi connectivity index (χ0) is 18.1. The van der Waals surface area contributed by atoms with Gasteiger partial charge < -0.3 is 10.0 Å². The summed E-state index contributed by atoms with van der Waals surface area (Å²) in [4.78, 5) is 18.7. The third kappa shape index (κ3) is 3.03. The third-order valence-corrected chi connectivity index (χ3v) is 5.20. The molecular weight excluding hydrogens is 324 g/mol. The van der Waals surface area contributed by atoms with E-state index in [2.05, 4.69) is 30.0 Å². The van der Waals surface area contributed by atoms with Crippen LogP contribution in [0.2, 0.25) is 0 Å². The van der Waals surface area contributed by atoms with Gasteiger partial charge in [-0.05, 0) is 50.5 Å². The molecule has 1 aromatic heterocycles. The van der Waals surface area contributed by atoms with Gasteiger partial charge in [0.05, 0.1) is 22.5 Å². The topological polar surface area (TPSA) is 53.4 Å². The van der Waals surface area contributed by atoms with Gasteiger partial charge in [-0.15, -0.1) is 0 Å². The van der Waals surface area contributed by atoms with Crippen LogP contribution in [0.25, 0.3) is 22.2 Å². The molecule has 1 N–H and O–H groups in total. The van der Waals surface area contributed by atoms with E-state index in [0.717, 1.165) is 34.4 Å². The number of aromatic nitrogens is 1. The second kappa shape index (κ2) is 6.79. The van der Waals surface area contributed by atoms with Crippen molar-refractivity contribution in [3.63, 3.8) is 0 Å². The van der Waals surface area contributed by atoms with E-state index in [-0.39, 0.29) is 0 Å². The molecular formula is C22H22N2O2. The molecule has 2 aromatic carbocycles. The third-order valence-electron chi connectivity index (χ3n) is 5.20. The quantitative estimate of drug-likeness (QED) is 0.727. The number of nitrogens with zero attached hydrogens (tertiary/aromatic N) is 2. The molecule has 2 heterocycles. The zero-order valence-electron chi connectivity index (χ0n) is 14.9. The van der Waals surface area contributed by atoms with Crippen LogP contribution in [-0.2, 0) is 0 Å². The first kappa shape index (κ1) is 16.6. The summed E-state index contributed by atoms with van der Waals surface area (Å²) in [6.45, 7) is 3.26. The number of rotatable bonds is 3. The molecule has 1 aliphatic heterocycles. The van der Waals surface area contributed by atoms with Crippen molar-refractivity contribution in [3.05, 3.63) is 60.2 Å². The number of benzene rings is 2. The molecule has 4 heteroatoms. The Morgan fingerprint density at radius 3 is 2.65 bits per heavy atom. The smallest absolute Gasteiger partial charge is 0.335 e. The molecule has 132 valence electrons. The number of hydrogen-bond donors (Lipinski definition) is 1. The molecule has 0 spiro atoms. The van der Waals surface area contributed by atoms with Gasteiger partial charge >= 0.3 is 5.97 Å². The summed E-state index contributed by atoms with van der Waals surface area (Å²) in [5.74, 6) is -0.910. The predicted octanol–water partition coefficient (Wildman–Crippen LogP) is 4.98. The molecule has 3 aromatic rings. The van der Waals surface area contributed by atoms with Gasteiger partial charge in [-0.2, -0.15) is 0 Å². The van der Waals surface area contributed by atoms with Gasteiger partial charge in [0.2, 0.25) is 0 Å². The summed E-state index contributed by atoms with van der Waals surface area (Å²) in [5, 5.41) is 10.2. The maximum absolute atomic E-state index is 11.3. The van der Waals surface area contributed by atoms with Crippen molar-refractivity contribution < 1.29 is 9.90 Å². The van der Waals surface area contributed by atoms with E-state index in [4.69, 9.17) is 4.98 Å². The minimum absolute atomic E-state index is 0.296. The number of piperidine rings is 1. The Labute approximate surface area is 153 Å². The molecule has 4 nitrogen and oxygen atoms in total. The van der Waals surface area contributed by atoms with E-state index in [1.54, 1.807) is 18.2 Å². The second-order valence-electron chi connectivity index (χ2n) is 6.97. The highest BCUT2D eigenvalue weighted by atomic mass is 16.4. The lowest BCUT2D eigenvalue weighted by Gasteiger charge is -2.36. The largest absolute Gasteiger partial charge is 0.478 e. The van der Waals surface area contributed by atoms with E-state index in [1.165, 1.54) is 19.3 Å². The van der Waals surface area contributed by atoms with Gasteiger partial charge in [0.25, 0.3) is 0 Å². The molecule has 4 rings (SSSR count). The summed E-state index contributed by atoms with van der Waals surface area (Å²) in [6, 6.07) is 17.9. The fourth-order valence-corrected chi connectivity index (χ4v) is 3.78. The molecule has 1 saturated heterocycles. The zero-order valence-corrected chi connectivity index (χ0v) is 14.9. The van der Waals surface area contributed by atoms with E-state index in [1.807, 2.05) is 18.2 Å². The normalized spacial score (nSPS) is 17.4. The molecule has 0 aliphatic carbocycles. The lowest BCUT2D eigenvalue weighted by molar-refractivity contribution is 0.0697.